The number of aliphatic hydroxyl groups excluding tert-OH is 1. The first-order valence-corrected chi connectivity index (χ1v) is 9.88. The normalized spacial score (nSPS) is 12.0. The molecule has 1 atom stereocenters. The van der Waals surface area contributed by atoms with E-state index in [1.54, 1.807) is 0 Å². The molecule has 1 unspecified atom stereocenters. The van der Waals surface area contributed by atoms with Crippen molar-refractivity contribution in [3.05, 3.63) is 99.0 Å². The molecule has 0 spiro atoms. The maximum absolute atomic E-state index is 10.2. The first kappa shape index (κ1) is 19.9. The largest absolute Gasteiger partial charge is 0.488 e. The fraction of sp³-hybridized carbons (Fsp3) is 0.182. The Morgan fingerprint density at radius 2 is 1.67 bits per heavy atom. The van der Waals surface area contributed by atoms with E-state index in [2.05, 4.69) is 21.2 Å². The first-order chi connectivity index (χ1) is 13.1. The number of ether oxygens (including phenoxy) is 1. The van der Waals surface area contributed by atoms with Gasteiger partial charge in [-0.05, 0) is 56.9 Å². The lowest BCUT2D eigenvalue weighted by Gasteiger charge is -2.13. The van der Waals surface area contributed by atoms with Crippen LogP contribution in [-0.2, 0) is 13.2 Å². The summed E-state index contributed by atoms with van der Waals surface area (Å²) < 4.78 is 6.77. The van der Waals surface area contributed by atoms with Crippen LogP contribution in [-0.4, -0.2) is 11.7 Å². The number of rotatable bonds is 8. The fourth-order valence-corrected chi connectivity index (χ4v) is 3.33. The molecule has 0 fully saturated rings. The van der Waals surface area contributed by atoms with Gasteiger partial charge < -0.3 is 15.2 Å². The molecule has 0 aliphatic heterocycles. The minimum absolute atomic E-state index is 0.483. The van der Waals surface area contributed by atoms with Gasteiger partial charge >= 0.3 is 0 Å². The molecule has 0 bridgehead atoms. The standard InChI is InChI=1S/C22H21BrClNO2/c23-20-12-17(13-25-14-21(26)18-4-2-1-3-5-18)8-11-22(20)27-15-16-6-9-19(24)10-7-16/h1-12,21,25-26H,13-15H2. The number of halogens is 2. The Hall–Kier alpha value is -1.85. The highest BCUT2D eigenvalue weighted by Crippen LogP contribution is 2.27. The van der Waals surface area contributed by atoms with Crippen molar-refractivity contribution in [3.8, 4) is 5.75 Å². The molecule has 0 amide bonds. The molecule has 0 saturated heterocycles. The summed E-state index contributed by atoms with van der Waals surface area (Å²) in [5.41, 5.74) is 3.09. The zero-order chi connectivity index (χ0) is 19.1. The van der Waals surface area contributed by atoms with E-state index in [9.17, 15) is 5.11 Å². The van der Waals surface area contributed by atoms with Gasteiger partial charge in [-0.2, -0.15) is 0 Å². The molecule has 0 saturated carbocycles. The highest BCUT2D eigenvalue weighted by molar-refractivity contribution is 9.10. The summed E-state index contributed by atoms with van der Waals surface area (Å²) in [7, 11) is 0. The molecule has 0 aliphatic carbocycles. The second-order valence-electron chi connectivity index (χ2n) is 6.24. The molecule has 0 radical (unpaired) electrons. The van der Waals surface area contributed by atoms with Crippen LogP contribution in [0, 0.1) is 0 Å². The Balaban J connectivity index is 1.49. The number of nitrogens with one attached hydrogen (secondary N) is 1. The van der Waals surface area contributed by atoms with E-state index >= 15 is 0 Å². The average Bonchev–Trinajstić information content (AvgIpc) is 2.69. The molecule has 2 N–H and O–H groups in total. The first-order valence-electron chi connectivity index (χ1n) is 8.71. The molecule has 3 aromatic rings. The lowest BCUT2D eigenvalue weighted by molar-refractivity contribution is 0.174. The quantitative estimate of drug-likeness (QED) is 0.480. The van der Waals surface area contributed by atoms with Crippen molar-refractivity contribution in [2.24, 2.45) is 0 Å². The molecule has 140 valence electrons. The van der Waals surface area contributed by atoms with Gasteiger partial charge in [0, 0.05) is 18.1 Å². The molecule has 5 heteroatoms. The van der Waals surface area contributed by atoms with Crippen LogP contribution in [0.15, 0.2) is 77.3 Å². The van der Waals surface area contributed by atoms with Crippen molar-refractivity contribution in [2.75, 3.05) is 6.54 Å². The highest BCUT2D eigenvalue weighted by Gasteiger charge is 2.07. The van der Waals surface area contributed by atoms with E-state index in [1.165, 1.54) is 0 Å². The monoisotopic (exact) mass is 445 g/mol. The SMILES string of the molecule is OC(CNCc1ccc(OCc2ccc(Cl)cc2)c(Br)c1)c1ccccc1. The Morgan fingerprint density at radius 3 is 2.37 bits per heavy atom. The van der Waals surface area contributed by atoms with Crippen LogP contribution >= 0.6 is 27.5 Å². The van der Waals surface area contributed by atoms with Crippen LogP contribution in [0.5, 0.6) is 5.75 Å². The zero-order valence-electron chi connectivity index (χ0n) is 14.7. The van der Waals surface area contributed by atoms with E-state index < -0.39 is 6.10 Å². The van der Waals surface area contributed by atoms with Crippen LogP contribution in [0.1, 0.15) is 22.8 Å². The number of aliphatic hydroxyl groups is 1. The highest BCUT2D eigenvalue weighted by atomic mass is 79.9. The predicted octanol–water partition coefficient (Wildman–Crippen LogP) is 5.50. The summed E-state index contributed by atoms with van der Waals surface area (Å²) in [5, 5.41) is 14.2. The maximum atomic E-state index is 10.2. The van der Waals surface area contributed by atoms with Gasteiger partial charge in [0.2, 0.25) is 0 Å². The Morgan fingerprint density at radius 1 is 0.963 bits per heavy atom. The Labute approximate surface area is 173 Å². The second-order valence-corrected chi connectivity index (χ2v) is 7.53. The van der Waals surface area contributed by atoms with Gasteiger partial charge in [-0.3, -0.25) is 0 Å². The molecule has 0 aromatic heterocycles. The van der Waals surface area contributed by atoms with Crippen LogP contribution in [0.25, 0.3) is 0 Å². The van der Waals surface area contributed by atoms with Crippen LogP contribution in [0.4, 0.5) is 0 Å². The third-order valence-corrected chi connectivity index (χ3v) is 5.03. The third-order valence-electron chi connectivity index (χ3n) is 4.16. The smallest absolute Gasteiger partial charge is 0.134 e. The van der Waals surface area contributed by atoms with E-state index in [-0.39, 0.29) is 0 Å². The molecule has 3 rings (SSSR count). The zero-order valence-corrected chi connectivity index (χ0v) is 17.1. The van der Waals surface area contributed by atoms with Crippen LogP contribution < -0.4 is 10.1 Å². The Kier molecular flexibility index (Phi) is 7.30. The van der Waals surface area contributed by atoms with Crippen molar-refractivity contribution in [1.82, 2.24) is 5.32 Å². The minimum Gasteiger partial charge on any atom is -0.488 e. The van der Waals surface area contributed by atoms with E-state index in [1.807, 2.05) is 72.8 Å². The van der Waals surface area contributed by atoms with Gasteiger partial charge in [0.05, 0.1) is 10.6 Å². The third kappa shape index (κ3) is 6.08. The summed E-state index contributed by atoms with van der Waals surface area (Å²) in [5.74, 6) is 0.790. The topological polar surface area (TPSA) is 41.5 Å². The molecular weight excluding hydrogens is 426 g/mol. The second kappa shape index (κ2) is 9.90. The number of hydrogen-bond donors (Lipinski definition) is 2. The molecular formula is C22H21BrClNO2. The van der Waals surface area contributed by atoms with Crippen molar-refractivity contribution in [1.29, 1.82) is 0 Å². The van der Waals surface area contributed by atoms with Crippen LogP contribution in [0.2, 0.25) is 5.02 Å². The van der Waals surface area contributed by atoms with Crippen molar-refractivity contribution in [3.63, 3.8) is 0 Å². The molecule has 0 aliphatic rings. The summed E-state index contributed by atoms with van der Waals surface area (Å²) >= 11 is 9.46. The van der Waals surface area contributed by atoms with Crippen molar-refractivity contribution < 1.29 is 9.84 Å². The summed E-state index contributed by atoms with van der Waals surface area (Å²) in [6, 6.07) is 23.3. The summed E-state index contributed by atoms with van der Waals surface area (Å²) in [6.45, 7) is 1.65. The van der Waals surface area contributed by atoms with Crippen LogP contribution in [0.3, 0.4) is 0 Å². The average molecular weight is 447 g/mol. The molecule has 27 heavy (non-hydrogen) atoms. The molecule has 3 nitrogen and oxygen atoms in total. The lowest BCUT2D eigenvalue weighted by atomic mass is 10.1. The molecule has 0 heterocycles. The fourth-order valence-electron chi connectivity index (χ4n) is 2.66. The summed E-state index contributed by atoms with van der Waals surface area (Å²) in [4.78, 5) is 0. The van der Waals surface area contributed by atoms with Gasteiger partial charge in [-0.15, -0.1) is 0 Å². The van der Waals surface area contributed by atoms with Crippen molar-refractivity contribution in [2.45, 2.75) is 19.3 Å². The number of hydrogen-bond acceptors (Lipinski definition) is 3. The summed E-state index contributed by atoms with van der Waals surface area (Å²) in [6.07, 6.45) is -0.517. The van der Waals surface area contributed by atoms with Gasteiger partial charge in [-0.1, -0.05) is 60.1 Å². The minimum atomic E-state index is -0.517. The predicted molar refractivity (Wildman–Crippen MR) is 113 cm³/mol. The van der Waals surface area contributed by atoms with Gasteiger partial charge in [0.1, 0.15) is 12.4 Å². The lowest BCUT2D eigenvalue weighted by Crippen LogP contribution is -2.21. The van der Waals surface area contributed by atoms with Gasteiger partial charge in [0.15, 0.2) is 0 Å². The van der Waals surface area contributed by atoms with E-state index in [4.69, 9.17) is 16.3 Å². The van der Waals surface area contributed by atoms with Gasteiger partial charge in [0.25, 0.3) is 0 Å². The van der Waals surface area contributed by atoms with Gasteiger partial charge in [-0.25, -0.2) is 0 Å². The maximum Gasteiger partial charge on any atom is 0.134 e. The van der Waals surface area contributed by atoms with E-state index in [0.29, 0.717) is 24.7 Å². The Bertz CT molecular complexity index is 856. The van der Waals surface area contributed by atoms with Crippen molar-refractivity contribution >= 4 is 27.5 Å². The number of benzene rings is 3. The van der Waals surface area contributed by atoms with E-state index in [0.717, 1.165) is 26.9 Å². The molecule has 3 aromatic carbocycles.